The highest BCUT2D eigenvalue weighted by Crippen LogP contribution is 2.26. The van der Waals surface area contributed by atoms with Crippen molar-refractivity contribution in [2.24, 2.45) is 0 Å². The number of carbonyl (C=O) groups is 2. The standard InChI is InChI=1S/C19H15ClN4O2/c1-10-16(11-2-5-13(20)6-3-11)23-24-17(10)19(26)22-14-7-4-12-9-21-18(25)15(12)8-14/h2-8H,9H2,1H3,(H,21,25)(H,22,26)(H,23,24). The van der Waals surface area contributed by atoms with Gasteiger partial charge < -0.3 is 10.6 Å². The molecule has 0 unspecified atom stereocenters. The second-order valence-corrected chi connectivity index (χ2v) is 6.52. The molecule has 0 atom stereocenters. The molecule has 0 aliphatic carbocycles. The van der Waals surface area contributed by atoms with Crippen LogP contribution in [0.5, 0.6) is 0 Å². The average Bonchev–Trinajstić information content (AvgIpc) is 3.19. The third-order valence-electron chi connectivity index (χ3n) is 4.41. The average molecular weight is 367 g/mol. The number of fused-ring (bicyclic) bond motifs is 1. The Bertz CT molecular complexity index is 1020. The normalized spacial score (nSPS) is 12.6. The van der Waals surface area contributed by atoms with Crippen molar-refractivity contribution >= 4 is 29.1 Å². The fourth-order valence-corrected chi connectivity index (χ4v) is 3.12. The molecule has 7 heteroatoms. The summed E-state index contributed by atoms with van der Waals surface area (Å²) in [4.78, 5) is 24.4. The van der Waals surface area contributed by atoms with Gasteiger partial charge in [-0.15, -0.1) is 0 Å². The first-order chi connectivity index (χ1) is 12.5. The van der Waals surface area contributed by atoms with E-state index in [0.717, 1.165) is 16.7 Å². The topological polar surface area (TPSA) is 86.9 Å². The summed E-state index contributed by atoms with van der Waals surface area (Å²) >= 11 is 5.91. The number of nitrogens with one attached hydrogen (secondary N) is 3. The molecule has 1 aromatic heterocycles. The van der Waals surface area contributed by atoms with Crippen LogP contribution < -0.4 is 10.6 Å². The second kappa shape index (κ2) is 6.31. The van der Waals surface area contributed by atoms with E-state index in [2.05, 4.69) is 20.8 Å². The van der Waals surface area contributed by atoms with E-state index in [0.29, 0.717) is 34.2 Å². The summed E-state index contributed by atoms with van der Waals surface area (Å²) in [6.07, 6.45) is 0. The number of carbonyl (C=O) groups excluding carboxylic acids is 2. The number of H-pyrrole nitrogens is 1. The van der Waals surface area contributed by atoms with E-state index in [1.54, 1.807) is 24.3 Å². The first-order valence-corrected chi connectivity index (χ1v) is 8.44. The predicted octanol–water partition coefficient (Wildman–Crippen LogP) is 3.53. The first kappa shape index (κ1) is 16.4. The van der Waals surface area contributed by atoms with Gasteiger partial charge in [0.2, 0.25) is 0 Å². The molecule has 4 rings (SSSR count). The molecule has 26 heavy (non-hydrogen) atoms. The van der Waals surface area contributed by atoms with Crippen molar-refractivity contribution in [2.75, 3.05) is 5.32 Å². The van der Waals surface area contributed by atoms with Gasteiger partial charge in [0.25, 0.3) is 11.8 Å². The number of anilines is 1. The quantitative estimate of drug-likeness (QED) is 0.662. The van der Waals surface area contributed by atoms with Gasteiger partial charge in [0.15, 0.2) is 0 Å². The van der Waals surface area contributed by atoms with Crippen molar-refractivity contribution in [3.63, 3.8) is 0 Å². The summed E-state index contributed by atoms with van der Waals surface area (Å²) < 4.78 is 0. The van der Waals surface area contributed by atoms with Gasteiger partial charge in [0.1, 0.15) is 5.69 Å². The van der Waals surface area contributed by atoms with Crippen molar-refractivity contribution in [1.29, 1.82) is 0 Å². The van der Waals surface area contributed by atoms with Gasteiger partial charge in [-0.3, -0.25) is 14.7 Å². The molecule has 6 nitrogen and oxygen atoms in total. The van der Waals surface area contributed by atoms with Crippen molar-refractivity contribution < 1.29 is 9.59 Å². The Labute approximate surface area is 154 Å². The van der Waals surface area contributed by atoms with Crippen molar-refractivity contribution in [2.45, 2.75) is 13.5 Å². The molecule has 2 amide bonds. The summed E-state index contributed by atoms with van der Waals surface area (Å²) in [7, 11) is 0. The number of amides is 2. The Kier molecular flexibility index (Phi) is 3.97. The molecule has 0 saturated heterocycles. The highest BCUT2D eigenvalue weighted by Gasteiger charge is 2.21. The summed E-state index contributed by atoms with van der Waals surface area (Å²) in [5.41, 5.74) is 4.76. The molecule has 1 aliphatic rings. The fourth-order valence-electron chi connectivity index (χ4n) is 2.99. The number of rotatable bonds is 3. The number of hydrogen-bond donors (Lipinski definition) is 3. The van der Waals surface area contributed by atoms with Crippen LogP contribution in [0.25, 0.3) is 11.3 Å². The van der Waals surface area contributed by atoms with Gasteiger partial charge in [0, 0.05) is 33.9 Å². The molecule has 0 spiro atoms. The number of nitrogens with zero attached hydrogens (tertiary/aromatic N) is 1. The lowest BCUT2D eigenvalue weighted by atomic mass is 10.1. The monoisotopic (exact) mass is 366 g/mol. The minimum Gasteiger partial charge on any atom is -0.348 e. The van der Waals surface area contributed by atoms with E-state index < -0.39 is 0 Å². The van der Waals surface area contributed by atoms with Crippen LogP contribution in [0.2, 0.25) is 5.02 Å². The molecule has 1 aliphatic heterocycles. The van der Waals surface area contributed by atoms with E-state index in [9.17, 15) is 9.59 Å². The Morgan fingerprint density at radius 2 is 1.96 bits per heavy atom. The van der Waals surface area contributed by atoms with E-state index in [1.165, 1.54) is 0 Å². The van der Waals surface area contributed by atoms with E-state index in [1.807, 2.05) is 25.1 Å². The zero-order chi connectivity index (χ0) is 18.3. The maximum atomic E-state index is 12.6. The predicted molar refractivity (Wildman–Crippen MR) is 99.3 cm³/mol. The maximum Gasteiger partial charge on any atom is 0.273 e. The maximum absolute atomic E-state index is 12.6. The van der Waals surface area contributed by atoms with Crippen molar-refractivity contribution in [3.05, 3.63) is 69.9 Å². The van der Waals surface area contributed by atoms with Gasteiger partial charge in [-0.25, -0.2) is 0 Å². The number of aromatic amines is 1. The minimum atomic E-state index is -0.312. The summed E-state index contributed by atoms with van der Waals surface area (Å²) in [5.74, 6) is -0.438. The van der Waals surface area contributed by atoms with Crippen LogP contribution >= 0.6 is 11.6 Å². The molecular weight excluding hydrogens is 352 g/mol. The number of halogens is 1. The fraction of sp³-hybridized carbons (Fsp3) is 0.105. The largest absolute Gasteiger partial charge is 0.348 e. The van der Waals surface area contributed by atoms with Gasteiger partial charge in [0.05, 0.1) is 5.69 Å². The third kappa shape index (κ3) is 2.84. The van der Waals surface area contributed by atoms with Gasteiger partial charge in [-0.05, 0) is 36.8 Å². The van der Waals surface area contributed by atoms with E-state index in [-0.39, 0.29) is 11.8 Å². The Morgan fingerprint density at radius 3 is 2.73 bits per heavy atom. The first-order valence-electron chi connectivity index (χ1n) is 8.06. The minimum absolute atomic E-state index is 0.126. The molecule has 0 fully saturated rings. The molecule has 0 radical (unpaired) electrons. The Hall–Kier alpha value is -3.12. The van der Waals surface area contributed by atoms with Crippen LogP contribution in [0.4, 0.5) is 5.69 Å². The van der Waals surface area contributed by atoms with Gasteiger partial charge in [-0.1, -0.05) is 29.8 Å². The Morgan fingerprint density at radius 1 is 1.19 bits per heavy atom. The molecule has 0 bridgehead atoms. The molecule has 2 aromatic carbocycles. The summed E-state index contributed by atoms with van der Waals surface area (Å²) in [6, 6.07) is 12.6. The number of aromatic nitrogens is 2. The second-order valence-electron chi connectivity index (χ2n) is 6.09. The third-order valence-corrected chi connectivity index (χ3v) is 4.66. The van der Waals surface area contributed by atoms with Crippen LogP contribution in [0, 0.1) is 6.92 Å². The lowest BCUT2D eigenvalue weighted by Gasteiger charge is -2.06. The van der Waals surface area contributed by atoms with Crippen LogP contribution in [0.15, 0.2) is 42.5 Å². The van der Waals surface area contributed by atoms with E-state index >= 15 is 0 Å². The SMILES string of the molecule is Cc1c(-c2ccc(Cl)cc2)n[nH]c1C(=O)Nc1ccc2c(c1)C(=O)NC2. The van der Waals surface area contributed by atoms with Gasteiger partial charge >= 0.3 is 0 Å². The summed E-state index contributed by atoms with van der Waals surface area (Å²) in [6.45, 7) is 2.35. The lowest BCUT2D eigenvalue weighted by Crippen LogP contribution is -2.15. The smallest absolute Gasteiger partial charge is 0.273 e. The molecule has 3 aromatic rings. The van der Waals surface area contributed by atoms with Gasteiger partial charge in [-0.2, -0.15) is 5.10 Å². The van der Waals surface area contributed by atoms with Crippen LogP contribution in [0.3, 0.4) is 0 Å². The Balaban J connectivity index is 1.59. The van der Waals surface area contributed by atoms with Crippen LogP contribution in [0.1, 0.15) is 32.0 Å². The molecule has 3 N–H and O–H groups in total. The van der Waals surface area contributed by atoms with Crippen LogP contribution in [-0.4, -0.2) is 22.0 Å². The highest BCUT2D eigenvalue weighted by atomic mass is 35.5. The van der Waals surface area contributed by atoms with Crippen molar-refractivity contribution in [1.82, 2.24) is 15.5 Å². The lowest BCUT2D eigenvalue weighted by molar-refractivity contribution is 0.0964. The highest BCUT2D eigenvalue weighted by molar-refractivity contribution is 6.30. The van der Waals surface area contributed by atoms with E-state index in [4.69, 9.17) is 11.6 Å². The van der Waals surface area contributed by atoms with Crippen LogP contribution in [-0.2, 0) is 6.54 Å². The number of hydrogen-bond acceptors (Lipinski definition) is 3. The zero-order valence-electron chi connectivity index (χ0n) is 13.9. The molecule has 130 valence electrons. The molecule has 0 saturated carbocycles. The zero-order valence-corrected chi connectivity index (χ0v) is 14.6. The number of benzene rings is 2. The molecule has 2 heterocycles. The molecular formula is C19H15ClN4O2. The van der Waals surface area contributed by atoms with Crippen molar-refractivity contribution in [3.8, 4) is 11.3 Å². The summed E-state index contributed by atoms with van der Waals surface area (Å²) in [5, 5.41) is 13.3.